The highest BCUT2D eigenvalue weighted by Gasteiger charge is 2.19. The molecule has 0 bridgehead atoms. The number of rotatable bonds is 1. The molecule has 0 radical (unpaired) electrons. The Labute approximate surface area is 96.7 Å². The molecular formula is C11H12BrFN2. The van der Waals surface area contributed by atoms with Gasteiger partial charge in [0.1, 0.15) is 11.7 Å². The van der Waals surface area contributed by atoms with E-state index in [4.69, 9.17) is 5.41 Å². The fourth-order valence-electron chi connectivity index (χ4n) is 1.79. The molecule has 1 aliphatic rings. The van der Waals surface area contributed by atoms with Gasteiger partial charge in [-0.2, -0.15) is 0 Å². The third-order valence-electron chi connectivity index (χ3n) is 2.57. The van der Waals surface area contributed by atoms with E-state index < -0.39 is 0 Å². The summed E-state index contributed by atoms with van der Waals surface area (Å²) in [4.78, 5) is 1.75. The molecule has 1 aromatic rings. The molecule has 0 amide bonds. The van der Waals surface area contributed by atoms with Gasteiger partial charge >= 0.3 is 0 Å². The lowest BCUT2D eigenvalue weighted by molar-refractivity contribution is 0.617. The van der Waals surface area contributed by atoms with Gasteiger partial charge in [0.05, 0.1) is 5.69 Å². The lowest BCUT2D eigenvalue weighted by atomic mass is 10.1. The second-order valence-corrected chi connectivity index (χ2v) is 4.57. The Kier molecular flexibility index (Phi) is 3.05. The van der Waals surface area contributed by atoms with Gasteiger partial charge in [0, 0.05) is 17.4 Å². The molecule has 0 spiro atoms. The molecule has 1 heterocycles. The van der Waals surface area contributed by atoms with Crippen LogP contribution in [-0.4, -0.2) is 12.4 Å². The first-order valence-corrected chi connectivity index (χ1v) is 5.78. The highest BCUT2D eigenvalue weighted by molar-refractivity contribution is 9.10. The molecule has 4 heteroatoms. The van der Waals surface area contributed by atoms with E-state index in [2.05, 4.69) is 15.9 Å². The molecule has 2 nitrogen and oxygen atoms in total. The average Bonchev–Trinajstić information content (AvgIpc) is 2.23. The van der Waals surface area contributed by atoms with Crippen molar-refractivity contribution in [2.45, 2.75) is 19.3 Å². The lowest BCUT2D eigenvalue weighted by Gasteiger charge is -2.29. The Balaban J connectivity index is 2.34. The van der Waals surface area contributed by atoms with Crippen molar-refractivity contribution >= 4 is 27.5 Å². The van der Waals surface area contributed by atoms with Gasteiger partial charge < -0.3 is 4.90 Å². The molecule has 2 rings (SSSR count). The molecular weight excluding hydrogens is 259 g/mol. The monoisotopic (exact) mass is 270 g/mol. The summed E-state index contributed by atoms with van der Waals surface area (Å²) in [7, 11) is 0. The number of halogens is 2. The summed E-state index contributed by atoms with van der Waals surface area (Å²) in [5.74, 6) is 0.253. The number of anilines is 1. The molecule has 0 aliphatic carbocycles. The van der Waals surface area contributed by atoms with Crippen molar-refractivity contribution in [1.82, 2.24) is 0 Å². The van der Waals surface area contributed by atoms with Crippen molar-refractivity contribution in [3.05, 3.63) is 28.5 Å². The van der Waals surface area contributed by atoms with E-state index >= 15 is 0 Å². The fourth-order valence-corrected chi connectivity index (χ4v) is 2.14. The Morgan fingerprint density at radius 2 is 2.13 bits per heavy atom. The Bertz CT molecular complexity index is 392. The topological polar surface area (TPSA) is 27.1 Å². The van der Waals surface area contributed by atoms with Crippen molar-refractivity contribution in [1.29, 1.82) is 5.41 Å². The minimum Gasteiger partial charge on any atom is -0.328 e. The minimum absolute atomic E-state index is 0.259. The van der Waals surface area contributed by atoms with Gasteiger partial charge in [-0.25, -0.2) is 4.39 Å². The number of hydrogen-bond acceptors (Lipinski definition) is 1. The van der Waals surface area contributed by atoms with E-state index in [9.17, 15) is 4.39 Å². The first-order valence-electron chi connectivity index (χ1n) is 4.98. The SMILES string of the molecule is N=C1CCCCN1c1cc(Br)ccc1F. The largest absolute Gasteiger partial charge is 0.328 e. The van der Waals surface area contributed by atoms with Gasteiger partial charge in [0.2, 0.25) is 0 Å². The van der Waals surface area contributed by atoms with E-state index in [1.165, 1.54) is 6.07 Å². The van der Waals surface area contributed by atoms with Crippen LogP contribution < -0.4 is 4.90 Å². The van der Waals surface area contributed by atoms with Crippen molar-refractivity contribution in [2.24, 2.45) is 0 Å². The third-order valence-corrected chi connectivity index (χ3v) is 3.06. The molecule has 1 fully saturated rings. The van der Waals surface area contributed by atoms with Gasteiger partial charge in [-0.15, -0.1) is 0 Å². The maximum Gasteiger partial charge on any atom is 0.146 e. The second kappa shape index (κ2) is 4.31. The van der Waals surface area contributed by atoms with Gasteiger partial charge in [-0.1, -0.05) is 15.9 Å². The molecule has 0 aromatic heterocycles. The van der Waals surface area contributed by atoms with Crippen LogP contribution in [0.25, 0.3) is 0 Å². The Hall–Kier alpha value is -0.900. The maximum absolute atomic E-state index is 13.6. The van der Waals surface area contributed by atoms with Gasteiger partial charge in [-0.05, 0) is 31.0 Å². The Morgan fingerprint density at radius 3 is 2.87 bits per heavy atom. The molecule has 1 saturated heterocycles. The van der Waals surface area contributed by atoms with Crippen molar-refractivity contribution in [3.8, 4) is 0 Å². The van der Waals surface area contributed by atoms with E-state index in [0.29, 0.717) is 11.5 Å². The predicted molar refractivity (Wildman–Crippen MR) is 63.0 cm³/mol. The molecule has 0 atom stereocenters. The highest BCUT2D eigenvalue weighted by Crippen LogP contribution is 2.27. The van der Waals surface area contributed by atoms with Crippen LogP contribution in [0.1, 0.15) is 19.3 Å². The van der Waals surface area contributed by atoms with Crippen LogP contribution in [0.5, 0.6) is 0 Å². The third kappa shape index (κ3) is 2.20. The van der Waals surface area contributed by atoms with Gasteiger partial charge in [-0.3, -0.25) is 5.41 Å². The molecule has 0 saturated carbocycles. The predicted octanol–water partition coefficient (Wildman–Crippen LogP) is 3.56. The standard InChI is InChI=1S/C11H12BrFN2/c12-8-4-5-9(13)10(7-8)15-6-2-1-3-11(15)14/h4-5,7,14H,1-3,6H2. The average molecular weight is 271 g/mol. The number of piperidine rings is 1. The number of benzene rings is 1. The van der Waals surface area contributed by atoms with Crippen LogP contribution in [0.15, 0.2) is 22.7 Å². The van der Waals surface area contributed by atoms with E-state index in [0.717, 1.165) is 30.3 Å². The summed E-state index contributed by atoms with van der Waals surface area (Å²) < 4.78 is 14.4. The first kappa shape index (κ1) is 10.6. The fraction of sp³-hybridized carbons (Fsp3) is 0.364. The van der Waals surface area contributed by atoms with Crippen molar-refractivity contribution < 1.29 is 4.39 Å². The zero-order valence-electron chi connectivity index (χ0n) is 8.26. The summed E-state index contributed by atoms with van der Waals surface area (Å²) in [6.07, 6.45) is 2.80. The normalized spacial score (nSPS) is 16.9. The lowest BCUT2D eigenvalue weighted by Crippen LogP contribution is -2.35. The van der Waals surface area contributed by atoms with Crippen LogP contribution in [-0.2, 0) is 0 Å². The van der Waals surface area contributed by atoms with Crippen molar-refractivity contribution in [3.63, 3.8) is 0 Å². The first-order chi connectivity index (χ1) is 7.18. The van der Waals surface area contributed by atoms with Crippen LogP contribution in [0.2, 0.25) is 0 Å². The van der Waals surface area contributed by atoms with Crippen LogP contribution in [0.4, 0.5) is 10.1 Å². The number of amidine groups is 1. The van der Waals surface area contributed by atoms with Crippen molar-refractivity contribution in [2.75, 3.05) is 11.4 Å². The summed E-state index contributed by atoms with van der Waals surface area (Å²) in [6.45, 7) is 0.742. The van der Waals surface area contributed by atoms with E-state index in [-0.39, 0.29) is 5.82 Å². The molecule has 15 heavy (non-hydrogen) atoms. The molecule has 80 valence electrons. The molecule has 1 N–H and O–H groups in total. The van der Waals surface area contributed by atoms with Crippen LogP contribution in [0, 0.1) is 11.2 Å². The second-order valence-electron chi connectivity index (χ2n) is 3.65. The van der Waals surface area contributed by atoms with E-state index in [1.54, 1.807) is 17.0 Å². The highest BCUT2D eigenvalue weighted by atomic mass is 79.9. The van der Waals surface area contributed by atoms with Gasteiger partial charge in [0.15, 0.2) is 0 Å². The summed E-state index contributed by atoms with van der Waals surface area (Å²) >= 11 is 3.32. The van der Waals surface area contributed by atoms with Crippen LogP contribution >= 0.6 is 15.9 Å². The smallest absolute Gasteiger partial charge is 0.146 e. The van der Waals surface area contributed by atoms with E-state index in [1.807, 2.05) is 0 Å². The number of nitrogens with zero attached hydrogens (tertiary/aromatic N) is 1. The molecule has 1 aliphatic heterocycles. The minimum atomic E-state index is -0.259. The number of nitrogens with one attached hydrogen (secondary N) is 1. The zero-order valence-corrected chi connectivity index (χ0v) is 9.85. The Morgan fingerprint density at radius 1 is 1.33 bits per heavy atom. The molecule has 0 unspecified atom stereocenters. The molecule has 1 aromatic carbocycles. The summed E-state index contributed by atoms with van der Waals surface area (Å²) in [5.41, 5.74) is 0.508. The van der Waals surface area contributed by atoms with Crippen LogP contribution in [0.3, 0.4) is 0 Å². The quantitative estimate of drug-likeness (QED) is 0.830. The zero-order chi connectivity index (χ0) is 10.8. The summed E-state index contributed by atoms with van der Waals surface area (Å²) in [6, 6.07) is 4.84. The number of hydrogen-bond donors (Lipinski definition) is 1. The van der Waals surface area contributed by atoms with Gasteiger partial charge in [0.25, 0.3) is 0 Å². The maximum atomic E-state index is 13.6. The summed E-state index contributed by atoms with van der Waals surface area (Å²) in [5, 5.41) is 7.79.